The molecule has 0 bridgehead atoms. The summed E-state index contributed by atoms with van der Waals surface area (Å²) in [6, 6.07) is 17.5. The van der Waals surface area contributed by atoms with Crippen LogP contribution in [0.25, 0.3) is 0 Å². The Hall–Kier alpha value is -1.69. The van der Waals surface area contributed by atoms with E-state index in [1.165, 1.54) is 16.7 Å². The third-order valence-electron chi connectivity index (χ3n) is 6.17. The first-order valence-electron chi connectivity index (χ1n) is 9.88. The largest absolute Gasteiger partial charge is 0.316 e. The molecule has 0 radical (unpaired) electrons. The van der Waals surface area contributed by atoms with Crippen molar-refractivity contribution in [3.8, 4) is 0 Å². The highest BCUT2D eigenvalue weighted by Gasteiger charge is 2.33. The van der Waals surface area contributed by atoms with Gasteiger partial charge in [-0.2, -0.15) is 0 Å². The summed E-state index contributed by atoms with van der Waals surface area (Å²) in [6.45, 7) is 0.383. The van der Waals surface area contributed by atoms with E-state index in [0.717, 1.165) is 37.7 Å². The Morgan fingerprint density at radius 2 is 1.81 bits per heavy atom. The lowest BCUT2D eigenvalue weighted by Crippen LogP contribution is -2.38. The van der Waals surface area contributed by atoms with Crippen molar-refractivity contribution in [1.29, 1.82) is 0 Å². The van der Waals surface area contributed by atoms with Crippen molar-refractivity contribution in [2.45, 2.75) is 55.9 Å². The quantitative estimate of drug-likeness (QED) is 0.771. The molecule has 4 rings (SSSR count). The van der Waals surface area contributed by atoms with Crippen LogP contribution in [0.1, 0.15) is 47.4 Å². The molecule has 2 aromatic carbocycles. The van der Waals surface area contributed by atoms with Crippen LogP contribution >= 0.6 is 0 Å². The van der Waals surface area contributed by atoms with Gasteiger partial charge >= 0.3 is 0 Å². The number of hydrogen-bond donors (Lipinski definition) is 2. The van der Waals surface area contributed by atoms with Crippen LogP contribution in [0.5, 0.6) is 0 Å². The van der Waals surface area contributed by atoms with Crippen molar-refractivity contribution in [2.24, 2.45) is 0 Å². The van der Waals surface area contributed by atoms with E-state index in [-0.39, 0.29) is 5.25 Å². The zero-order chi connectivity index (χ0) is 18.9. The summed E-state index contributed by atoms with van der Waals surface area (Å²) in [4.78, 5) is 0. The summed E-state index contributed by atoms with van der Waals surface area (Å²) in [5.74, 6) is 0.413. The van der Waals surface area contributed by atoms with Crippen LogP contribution in [0.3, 0.4) is 0 Å². The molecule has 2 N–H and O–H groups in total. The first-order chi connectivity index (χ1) is 13.1. The average Bonchev–Trinajstić information content (AvgIpc) is 2.96. The average molecular weight is 385 g/mol. The van der Waals surface area contributed by atoms with Crippen LogP contribution in [0, 0.1) is 0 Å². The maximum Gasteiger partial charge on any atom is 0.214 e. The maximum atomic E-state index is 12.3. The molecule has 0 spiro atoms. The minimum atomic E-state index is -3.18. The van der Waals surface area contributed by atoms with Gasteiger partial charge in [0.1, 0.15) is 0 Å². The fraction of sp³-hybridized carbons (Fsp3) is 0.455. The van der Waals surface area contributed by atoms with E-state index in [4.69, 9.17) is 0 Å². The van der Waals surface area contributed by atoms with Gasteiger partial charge in [0.15, 0.2) is 0 Å². The maximum absolute atomic E-state index is 12.3. The van der Waals surface area contributed by atoms with E-state index in [1.54, 1.807) is 0 Å². The van der Waals surface area contributed by atoms with Gasteiger partial charge in [-0.15, -0.1) is 0 Å². The summed E-state index contributed by atoms with van der Waals surface area (Å²) >= 11 is 0. The van der Waals surface area contributed by atoms with Crippen LogP contribution in [0.15, 0.2) is 48.5 Å². The van der Waals surface area contributed by atoms with Crippen molar-refractivity contribution < 1.29 is 8.42 Å². The smallest absolute Gasteiger partial charge is 0.214 e. The Morgan fingerprint density at radius 1 is 1.04 bits per heavy atom. The topological polar surface area (TPSA) is 58.2 Å². The number of likely N-dealkylation sites (N-methyl/N-ethyl adjacent to an activating group) is 1. The monoisotopic (exact) mass is 384 g/mol. The molecule has 144 valence electrons. The lowest BCUT2D eigenvalue weighted by atomic mass is 9.90. The zero-order valence-corrected chi connectivity index (χ0v) is 16.6. The molecule has 2 aliphatic carbocycles. The molecule has 0 saturated heterocycles. The third kappa shape index (κ3) is 3.96. The highest BCUT2D eigenvalue weighted by atomic mass is 32.2. The van der Waals surface area contributed by atoms with Crippen molar-refractivity contribution in [3.63, 3.8) is 0 Å². The van der Waals surface area contributed by atoms with Crippen molar-refractivity contribution in [2.75, 3.05) is 7.05 Å². The normalized spacial score (nSPS) is 22.4. The Morgan fingerprint density at radius 3 is 2.48 bits per heavy atom. The summed E-state index contributed by atoms with van der Waals surface area (Å²) < 4.78 is 27.4. The Balaban J connectivity index is 1.52. The van der Waals surface area contributed by atoms with E-state index in [9.17, 15) is 8.42 Å². The molecule has 0 amide bonds. The van der Waals surface area contributed by atoms with Gasteiger partial charge in [-0.1, -0.05) is 55.0 Å². The highest BCUT2D eigenvalue weighted by molar-refractivity contribution is 7.90. The van der Waals surface area contributed by atoms with Crippen molar-refractivity contribution >= 4 is 10.0 Å². The van der Waals surface area contributed by atoms with Gasteiger partial charge in [0, 0.05) is 18.5 Å². The number of benzene rings is 2. The van der Waals surface area contributed by atoms with E-state index >= 15 is 0 Å². The SMILES string of the molecule is CNC1Cc2ccc(CNS(=O)(=O)C3CCC3)cc2C1Cc1ccccc1. The minimum Gasteiger partial charge on any atom is -0.316 e. The predicted octanol–water partition coefficient (Wildman–Crippen LogP) is 3.13. The molecule has 5 heteroatoms. The summed E-state index contributed by atoms with van der Waals surface area (Å²) in [5.41, 5.74) is 5.12. The second-order valence-corrected chi connectivity index (χ2v) is 9.89. The zero-order valence-electron chi connectivity index (χ0n) is 15.8. The predicted molar refractivity (Wildman–Crippen MR) is 109 cm³/mol. The van der Waals surface area contributed by atoms with E-state index in [0.29, 0.717) is 18.5 Å². The molecule has 0 aromatic heterocycles. The van der Waals surface area contributed by atoms with Crippen LogP contribution < -0.4 is 10.0 Å². The first-order valence-corrected chi connectivity index (χ1v) is 11.4. The van der Waals surface area contributed by atoms with E-state index in [1.807, 2.05) is 13.1 Å². The lowest BCUT2D eigenvalue weighted by Gasteiger charge is -2.25. The van der Waals surface area contributed by atoms with E-state index < -0.39 is 10.0 Å². The number of nitrogens with one attached hydrogen (secondary N) is 2. The number of hydrogen-bond acceptors (Lipinski definition) is 3. The molecule has 2 atom stereocenters. The van der Waals surface area contributed by atoms with Gasteiger partial charge in [0.05, 0.1) is 5.25 Å². The van der Waals surface area contributed by atoms with Crippen LogP contribution in [0.2, 0.25) is 0 Å². The molecule has 2 unspecified atom stereocenters. The Labute approximate surface area is 162 Å². The molecule has 4 nitrogen and oxygen atoms in total. The summed E-state index contributed by atoms with van der Waals surface area (Å²) in [7, 11) is -1.15. The minimum absolute atomic E-state index is 0.188. The van der Waals surface area contributed by atoms with Crippen LogP contribution in [0.4, 0.5) is 0 Å². The lowest BCUT2D eigenvalue weighted by molar-refractivity contribution is 0.469. The molecule has 0 aliphatic heterocycles. The van der Waals surface area contributed by atoms with Gasteiger partial charge in [-0.25, -0.2) is 13.1 Å². The molecular weight excluding hydrogens is 356 g/mol. The number of rotatable bonds is 7. The van der Waals surface area contributed by atoms with Gasteiger partial charge in [0.2, 0.25) is 10.0 Å². The van der Waals surface area contributed by atoms with Gasteiger partial charge in [0.25, 0.3) is 0 Å². The van der Waals surface area contributed by atoms with Crippen molar-refractivity contribution in [3.05, 3.63) is 70.8 Å². The van der Waals surface area contributed by atoms with Crippen LogP contribution in [-0.2, 0) is 29.4 Å². The molecule has 2 aliphatic rings. The third-order valence-corrected chi connectivity index (χ3v) is 8.07. The summed E-state index contributed by atoms with van der Waals surface area (Å²) in [5, 5.41) is 3.29. The molecular formula is C22H28N2O2S. The number of sulfonamides is 1. The second-order valence-electron chi connectivity index (χ2n) is 7.85. The second kappa shape index (κ2) is 7.74. The summed E-state index contributed by atoms with van der Waals surface area (Å²) in [6.07, 6.45) is 4.63. The Kier molecular flexibility index (Phi) is 5.35. The fourth-order valence-corrected chi connectivity index (χ4v) is 5.85. The standard InChI is InChI=1S/C22H28N2O2S/c1-23-22-14-18-11-10-17(15-24-27(25,26)19-8-5-9-19)13-20(18)21(22)12-16-6-3-2-4-7-16/h2-4,6-7,10-11,13,19,21-24H,5,8-9,12,14-15H2,1H3. The molecule has 1 fully saturated rings. The highest BCUT2D eigenvalue weighted by Crippen LogP contribution is 2.36. The van der Waals surface area contributed by atoms with Crippen LogP contribution in [-0.4, -0.2) is 26.8 Å². The van der Waals surface area contributed by atoms with E-state index in [2.05, 4.69) is 52.5 Å². The van der Waals surface area contributed by atoms with Gasteiger partial charge in [-0.05, 0) is 55.0 Å². The Bertz CT molecular complexity index is 892. The molecule has 27 heavy (non-hydrogen) atoms. The van der Waals surface area contributed by atoms with Gasteiger partial charge < -0.3 is 5.32 Å². The molecule has 2 aromatic rings. The molecule has 1 saturated carbocycles. The van der Waals surface area contributed by atoms with Gasteiger partial charge in [-0.3, -0.25) is 0 Å². The molecule has 0 heterocycles. The fourth-order valence-electron chi connectivity index (χ4n) is 4.29. The number of fused-ring (bicyclic) bond motifs is 1. The first kappa shape index (κ1) is 18.7. The van der Waals surface area contributed by atoms with Crippen molar-refractivity contribution in [1.82, 2.24) is 10.0 Å².